The molecule has 1 heterocycles. The first-order valence-electron chi connectivity index (χ1n) is 8.28. The molecule has 0 aliphatic carbocycles. The van der Waals surface area contributed by atoms with Crippen LogP contribution in [0, 0.1) is 11.3 Å². The second-order valence-corrected chi connectivity index (χ2v) is 5.88. The van der Waals surface area contributed by atoms with Gasteiger partial charge in [-0.3, -0.25) is 9.48 Å². The van der Waals surface area contributed by atoms with E-state index < -0.39 is 5.91 Å². The largest absolute Gasteiger partial charge is 0.497 e. The number of nitriles is 1. The molecule has 0 saturated heterocycles. The van der Waals surface area contributed by atoms with Crippen LogP contribution < -0.4 is 10.5 Å². The highest BCUT2D eigenvalue weighted by molar-refractivity contribution is 6.01. The molecular weight excluding hydrogens is 340 g/mol. The maximum Gasteiger partial charge on any atom is 0.259 e. The molecule has 0 spiro atoms. The second kappa shape index (κ2) is 8.02. The molecule has 1 aromatic heterocycles. The third-order valence-electron chi connectivity index (χ3n) is 4.03. The lowest BCUT2D eigenvalue weighted by atomic mass is 10.1. The van der Waals surface area contributed by atoms with Crippen LogP contribution in [0.3, 0.4) is 0 Å². The maximum atomic E-state index is 11.5. The van der Waals surface area contributed by atoms with Crippen LogP contribution in [0.5, 0.6) is 5.75 Å². The Kier molecular flexibility index (Phi) is 5.33. The van der Waals surface area contributed by atoms with E-state index in [0.717, 1.165) is 16.9 Å². The Bertz CT molecular complexity index is 1010. The Labute approximate surface area is 157 Å². The molecule has 0 saturated carbocycles. The molecule has 0 aliphatic heterocycles. The summed E-state index contributed by atoms with van der Waals surface area (Å²) in [7, 11) is 1.60. The van der Waals surface area contributed by atoms with E-state index in [-0.39, 0.29) is 5.57 Å². The minimum absolute atomic E-state index is 0.121. The summed E-state index contributed by atoms with van der Waals surface area (Å²) in [5.41, 5.74) is 8.39. The van der Waals surface area contributed by atoms with Crippen LogP contribution in [0.1, 0.15) is 11.1 Å². The number of ether oxygens (including phenoxy) is 1. The van der Waals surface area contributed by atoms with Crippen LogP contribution >= 0.6 is 0 Å². The SMILES string of the molecule is COc1ccc(-c2nn(Cc3ccccc3)cc2/C=C(\C#N)C(N)=O)cc1. The molecule has 0 radical (unpaired) electrons. The number of benzene rings is 2. The summed E-state index contributed by atoms with van der Waals surface area (Å²) in [6.07, 6.45) is 3.27. The second-order valence-electron chi connectivity index (χ2n) is 5.88. The highest BCUT2D eigenvalue weighted by Gasteiger charge is 2.13. The smallest absolute Gasteiger partial charge is 0.259 e. The van der Waals surface area contributed by atoms with Gasteiger partial charge in [0, 0.05) is 17.3 Å². The van der Waals surface area contributed by atoms with E-state index >= 15 is 0 Å². The Morgan fingerprint density at radius 1 is 1.22 bits per heavy atom. The molecule has 6 nitrogen and oxygen atoms in total. The lowest BCUT2D eigenvalue weighted by Gasteiger charge is -2.03. The number of rotatable bonds is 6. The molecule has 3 aromatic rings. The van der Waals surface area contributed by atoms with Gasteiger partial charge in [-0.25, -0.2) is 0 Å². The third kappa shape index (κ3) is 4.22. The first kappa shape index (κ1) is 18.0. The van der Waals surface area contributed by atoms with Gasteiger partial charge in [0.05, 0.1) is 19.3 Å². The average Bonchev–Trinajstić information content (AvgIpc) is 3.09. The minimum atomic E-state index is -0.769. The molecule has 0 bridgehead atoms. The number of methoxy groups -OCH3 is 1. The third-order valence-corrected chi connectivity index (χ3v) is 4.03. The van der Waals surface area contributed by atoms with Gasteiger partial charge in [0.25, 0.3) is 5.91 Å². The predicted octanol–water partition coefficient (Wildman–Crippen LogP) is 3.00. The summed E-state index contributed by atoms with van der Waals surface area (Å²) in [6, 6.07) is 19.1. The first-order chi connectivity index (χ1) is 13.1. The van der Waals surface area contributed by atoms with Gasteiger partial charge in [0.2, 0.25) is 0 Å². The molecule has 6 heteroatoms. The monoisotopic (exact) mass is 358 g/mol. The number of carbonyl (C=O) groups is 1. The molecule has 3 rings (SSSR count). The molecule has 2 aromatic carbocycles. The van der Waals surface area contributed by atoms with Crippen LogP contribution in [0.4, 0.5) is 0 Å². The first-order valence-corrected chi connectivity index (χ1v) is 8.28. The predicted molar refractivity (Wildman–Crippen MR) is 103 cm³/mol. The van der Waals surface area contributed by atoms with Gasteiger partial charge in [-0.15, -0.1) is 0 Å². The van der Waals surface area contributed by atoms with Gasteiger partial charge in [-0.05, 0) is 35.9 Å². The standard InChI is InChI=1S/C21H18N4O2/c1-27-19-9-7-16(8-10-19)20-18(11-17(12-22)21(23)26)14-25(24-20)13-15-5-3-2-4-6-15/h2-11,14H,13H2,1H3,(H2,23,26)/b17-11+. The normalized spacial score (nSPS) is 11.0. The van der Waals surface area contributed by atoms with E-state index in [1.807, 2.05) is 60.7 Å². The number of hydrogen-bond donors (Lipinski definition) is 1. The van der Waals surface area contributed by atoms with Gasteiger partial charge < -0.3 is 10.5 Å². The van der Waals surface area contributed by atoms with Gasteiger partial charge in [-0.1, -0.05) is 30.3 Å². The summed E-state index contributed by atoms with van der Waals surface area (Å²) in [4.78, 5) is 11.5. The molecule has 0 atom stereocenters. The van der Waals surface area contributed by atoms with Gasteiger partial charge in [-0.2, -0.15) is 10.4 Å². The maximum absolute atomic E-state index is 11.5. The molecule has 1 amide bonds. The van der Waals surface area contributed by atoms with Crippen molar-refractivity contribution in [1.29, 1.82) is 5.26 Å². The molecule has 0 unspecified atom stereocenters. The van der Waals surface area contributed by atoms with Crippen LogP contribution in [0.2, 0.25) is 0 Å². The van der Waals surface area contributed by atoms with Crippen molar-refractivity contribution in [3.05, 3.63) is 77.5 Å². The van der Waals surface area contributed by atoms with Crippen molar-refractivity contribution in [2.75, 3.05) is 7.11 Å². The van der Waals surface area contributed by atoms with Crippen molar-refractivity contribution in [3.8, 4) is 23.1 Å². The van der Waals surface area contributed by atoms with Crippen LogP contribution in [0.15, 0.2) is 66.4 Å². The number of carbonyl (C=O) groups excluding carboxylic acids is 1. The molecular formula is C21H18N4O2. The van der Waals surface area contributed by atoms with E-state index in [1.165, 1.54) is 6.08 Å². The zero-order chi connectivity index (χ0) is 19.2. The number of hydrogen-bond acceptors (Lipinski definition) is 4. The zero-order valence-corrected chi connectivity index (χ0v) is 14.8. The number of primary amides is 1. The lowest BCUT2D eigenvalue weighted by molar-refractivity contribution is -0.114. The Morgan fingerprint density at radius 2 is 1.93 bits per heavy atom. The number of nitrogens with zero attached hydrogens (tertiary/aromatic N) is 3. The fourth-order valence-corrected chi connectivity index (χ4v) is 2.68. The number of aromatic nitrogens is 2. The summed E-state index contributed by atoms with van der Waals surface area (Å²) in [5, 5.41) is 13.8. The zero-order valence-electron chi connectivity index (χ0n) is 14.8. The minimum Gasteiger partial charge on any atom is -0.497 e. The van der Waals surface area contributed by atoms with Gasteiger partial charge in [0.1, 0.15) is 17.4 Å². The summed E-state index contributed by atoms with van der Waals surface area (Å²) in [5.74, 6) is -0.0385. The van der Waals surface area contributed by atoms with E-state index in [4.69, 9.17) is 15.7 Å². The Balaban J connectivity index is 2.05. The fourth-order valence-electron chi connectivity index (χ4n) is 2.68. The van der Waals surface area contributed by atoms with Crippen molar-refractivity contribution < 1.29 is 9.53 Å². The highest BCUT2D eigenvalue weighted by Crippen LogP contribution is 2.26. The van der Waals surface area contributed by atoms with Crippen LogP contribution in [-0.4, -0.2) is 22.8 Å². The highest BCUT2D eigenvalue weighted by atomic mass is 16.5. The summed E-state index contributed by atoms with van der Waals surface area (Å²) >= 11 is 0. The summed E-state index contributed by atoms with van der Waals surface area (Å²) < 4.78 is 6.97. The number of nitrogens with two attached hydrogens (primary N) is 1. The topological polar surface area (TPSA) is 93.9 Å². The van der Waals surface area contributed by atoms with E-state index in [0.29, 0.717) is 17.8 Å². The lowest BCUT2D eigenvalue weighted by Crippen LogP contribution is -2.12. The number of amides is 1. The van der Waals surface area contributed by atoms with Gasteiger partial charge >= 0.3 is 0 Å². The molecule has 134 valence electrons. The van der Waals surface area contributed by atoms with Crippen molar-refractivity contribution in [2.45, 2.75) is 6.54 Å². The van der Waals surface area contributed by atoms with E-state index in [2.05, 4.69) is 5.10 Å². The summed E-state index contributed by atoms with van der Waals surface area (Å²) in [6.45, 7) is 0.566. The van der Waals surface area contributed by atoms with Crippen molar-refractivity contribution in [2.24, 2.45) is 5.73 Å². The van der Waals surface area contributed by atoms with Gasteiger partial charge in [0.15, 0.2) is 0 Å². The quantitative estimate of drug-likeness (QED) is 0.541. The molecule has 0 aliphatic rings. The molecule has 0 fully saturated rings. The Hall–Kier alpha value is -3.85. The molecule has 27 heavy (non-hydrogen) atoms. The Morgan fingerprint density at radius 3 is 2.52 bits per heavy atom. The fraction of sp³-hybridized carbons (Fsp3) is 0.0952. The van der Waals surface area contributed by atoms with Crippen LogP contribution in [0.25, 0.3) is 17.3 Å². The van der Waals surface area contributed by atoms with Crippen molar-refractivity contribution in [1.82, 2.24) is 9.78 Å². The average molecular weight is 358 g/mol. The van der Waals surface area contributed by atoms with Crippen molar-refractivity contribution >= 4 is 12.0 Å². The van der Waals surface area contributed by atoms with Crippen LogP contribution in [-0.2, 0) is 11.3 Å². The molecule has 2 N–H and O–H groups in total. The van der Waals surface area contributed by atoms with Crippen molar-refractivity contribution in [3.63, 3.8) is 0 Å². The van der Waals surface area contributed by atoms with E-state index in [9.17, 15) is 4.79 Å². The van der Waals surface area contributed by atoms with E-state index in [1.54, 1.807) is 18.0 Å².